The van der Waals surface area contributed by atoms with Gasteiger partial charge in [-0.3, -0.25) is 14.4 Å². The Kier molecular flexibility index (Phi) is 70.0. The number of ether oxygens (including phenoxy) is 3. The summed E-state index contributed by atoms with van der Waals surface area (Å²) in [7, 11) is 0. The van der Waals surface area contributed by atoms with E-state index < -0.39 is 6.10 Å². The van der Waals surface area contributed by atoms with Crippen molar-refractivity contribution >= 4 is 17.9 Å². The molecular weight excluding hydrogens is 1020 g/mol. The summed E-state index contributed by atoms with van der Waals surface area (Å²) >= 11 is 0. The van der Waals surface area contributed by atoms with Crippen molar-refractivity contribution in [3.63, 3.8) is 0 Å². The van der Waals surface area contributed by atoms with Crippen molar-refractivity contribution in [1.29, 1.82) is 0 Å². The molecule has 0 N–H and O–H groups in total. The van der Waals surface area contributed by atoms with E-state index in [1.807, 2.05) is 0 Å². The Morgan fingerprint density at radius 1 is 0.229 bits per heavy atom. The van der Waals surface area contributed by atoms with Gasteiger partial charge in [0.25, 0.3) is 0 Å². The van der Waals surface area contributed by atoms with E-state index in [9.17, 15) is 14.4 Å². The molecule has 0 heterocycles. The van der Waals surface area contributed by atoms with Gasteiger partial charge in [-0.1, -0.05) is 340 Å². The number of carbonyl (C=O) groups excluding carboxylic acids is 3. The number of hydrogen-bond acceptors (Lipinski definition) is 6. The van der Waals surface area contributed by atoms with E-state index in [1.54, 1.807) is 0 Å². The number of carbonyl (C=O) groups is 3. The van der Waals surface area contributed by atoms with Crippen molar-refractivity contribution in [2.75, 3.05) is 13.2 Å². The molecule has 6 heteroatoms. The molecule has 0 saturated carbocycles. The minimum Gasteiger partial charge on any atom is -0.462 e. The monoisotopic (exact) mass is 1170 g/mol. The number of hydrogen-bond donors (Lipinski definition) is 0. The quantitative estimate of drug-likeness (QED) is 0.0261. The lowest BCUT2D eigenvalue weighted by atomic mass is 10.0. The molecule has 0 aromatic heterocycles. The first kappa shape index (κ1) is 80.6. The normalized spacial score (nSPS) is 12.2. The molecule has 0 amide bonds. The highest BCUT2D eigenvalue weighted by molar-refractivity contribution is 5.71. The third-order valence-electron chi connectivity index (χ3n) is 17.1. The van der Waals surface area contributed by atoms with E-state index in [0.717, 1.165) is 57.8 Å². The molecule has 1 atom stereocenters. The van der Waals surface area contributed by atoms with Gasteiger partial charge in [0.2, 0.25) is 0 Å². The van der Waals surface area contributed by atoms with E-state index in [2.05, 4.69) is 57.2 Å². The molecule has 0 aromatic rings. The molecule has 0 rings (SSSR count). The summed E-state index contributed by atoms with van der Waals surface area (Å²) in [6, 6.07) is 0. The summed E-state index contributed by atoms with van der Waals surface area (Å²) in [5.41, 5.74) is 0. The molecule has 1 unspecified atom stereocenters. The zero-order valence-electron chi connectivity index (χ0n) is 56.2. The van der Waals surface area contributed by atoms with Crippen LogP contribution in [0, 0.1) is 0 Å². The van der Waals surface area contributed by atoms with Crippen molar-refractivity contribution in [2.24, 2.45) is 0 Å². The fourth-order valence-electron chi connectivity index (χ4n) is 11.4. The van der Waals surface area contributed by atoms with Gasteiger partial charge in [0.05, 0.1) is 0 Å². The van der Waals surface area contributed by atoms with Crippen LogP contribution in [0.3, 0.4) is 0 Å². The lowest BCUT2D eigenvalue weighted by molar-refractivity contribution is -0.167. The fraction of sp³-hybridized carbons (Fsp3) is 0.883. The first-order chi connectivity index (χ1) is 41.0. The van der Waals surface area contributed by atoms with Crippen molar-refractivity contribution < 1.29 is 28.6 Å². The molecule has 488 valence electrons. The number of rotatable bonds is 70. The molecule has 0 bridgehead atoms. The van der Waals surface area contributed by atoms with Crippen LogP contribution in [0.25, 0.3) is 0 Å². The third kappa shape index (κ3) is 70.3. The van der Waals surface area contributed by atoms with Crippen LogP contribution in [-0.2, 0) is 28.6 Å². The summed E-state index contributed by atoms with van der Waals surface area (Å²) in [6.07, 6.45) is 90.5. The molecule has 0 aliphatic carbocycles. The number of esters is 3. The Labute approximate surface area is 518 Å². The second-order valence-corrected chi connectivity index (χ2v) is 25.6. The fourth-order valence-corrected chi connectivity index (χ4v) is 11.4. The summed E-state index contributed by atoms with van der Waals surface area (Å²) in [5.74, 6) is -0.849. The van der Waals surface area contributed by atoms with Gasteiger partial charge in [-0.2, -0.15) is 0 Å². The third-order valence-corrected chi connectivity index (χ3v) is 17.1. The van der Waals surface area contributed by atoms with E-state index >= 15 is 0 Å². The standard InChI is InChI=1S/C77H144O6/c1-4-7-10-13-16-19-22-25-28-31-32-33-34-35-36-37-38-39-40-41-42-43-44-47-49-52-55-58-61-64-67-70-76(79)82-73-74(83-77(80)71-68-65-62-59-56-53-50-46-30-27-24-21-18-15-12-9-6-3)72-81-75(78)69-66-63-60-57-54-51-48-45-29-26-23-20-17-14-11-8-5-2/h26-27,29-32,74H,4-25,28,33-73H2,1-3H3/b29-26-,30-27-,32-31-. The Balaban J connectivity index is 4.19. The first-order valence-corrected chi connectivity index (χ1v) is 37.5. The van der Waals surface area contributed by atoms with Gasteiger partial charge in [0, 0.05) is 19.3 Å². The lowest BCUT2D eigenvalue weighted by Crippen LogP contribution is -2.30. The topological polar surface area (TPSA) is 78.9 Å². The van der Waals surface area contributed by atoms with Gasteiger partial charge in [-0.15, -0.1) is 0 Å². The van der Waals surface area contributed by atoms with Crippen molar-refractivity contribution in [2.45, 2.75) is 425 Å². The van der Waals surface area contributed by atoms with Crippen molar-refractivity contribution in [3.05, 3.63) is 36.5 Å². The van der Waals surface area contributed by atoms with Gasteiger partial charge in [-0.05, 0) is 96.3 Å². The Morgan fingerprint density at radius 2 is 0.398 bits per heavy atom. The van der Waals surface area contributed by atoms with Gasteiger partial charge in [-0.25, -0.2) is 0 Å². The van der Waals surface area contributed by atoms with E-state index in [-0.39, 0.29) is 31.1 Å². The average Bonchev–Trinajstić information content (AvgIpc) is 3.50. The molecule has 0 aliphatic rings. The highest BCUT2D eigenvalue weighted by atomic mass is 16.6. The summed E-state index contributed by atoms with van der Waals surface area (Å²) in [5, 5.41) is 0. The maximum absolute atomic E-state index is 13.0. The van der Waals surface area contributed by atoms with Crippen LogP contribution < -0.4 is 0 Å². The summed E-state index contributed by atoms with van der Waals surface area (Å²) in [6.45, 7) is 6.70. The molecule has 0 saturated heterocycles. The largest absolute Gasteiger partial charge is 0.462 e. The van der Waals surface area contributed by atoms with E-state index in [4.69, 9.17) is 14.2 Å². The van der Waals surface area contributed by atoms with E-state index in [1.165, 1.54) is 321 Å². The van der Waals surface area contributed by atoms with Crippen LogP contribution in [0.2, 0.25) is 0 Å². The van der Waals surface area contributed by atoms with Crippen LogP contribution in [0.4, 0.5) is 0 Å². The summed E-state index contributed by atoms with van der Waals surface area (Å²) < 4.78 is 17.0. The van der Waals surface area contributed by atoms with Gasteiger partial charge in [0.1, 0.15) is 13.2 Å². The van der Waals surface area contributed by atoms with Crippen molar-refractivity contribution in [1.82, 2.24) is 0 Å². The molecule has 0 radical (unpaired) electrons. The predicted octanol–water partition coefficient (Wildman–Crippen LogP) is 25.9. The molecule has 83 heavy (non-hydrogen) atoms. The van der Waals surface area contributed by atoms with Gasteiger partial charge < -0.3 is 14.2 Å². The Morgan fingerprint density at radius 3 is 0.602 bits per heavy atom. The van der Waals surface area contributed by atoms with Crippen LogP contribution in [0.5, 0.6) is 0 Å². The van der Waals surface area contributed by atoms with Crippen LogP contribution in [0.1, 0.15) is 419 Å². The number of allylic oxidation sites excluding steroid dienone is 6. The second kappa shape index (κ2) is 72.1. The molecule has 6 nitrogen and oxygen atoms in total. The minimum absolute atomic E-state index is 0.0704. The van der Waals surface area contributed by atoms with Crippen LogP contribution >= 0.6 is 0 Å². The maximum atomic E-state index is 13.0. The van der Waals surface area contributed by atoms with E-state index in [0.29, 0.717) is 19.3 Å². The van der Waals surface area contributed by atoms with Crippen molar-refractivity contribution in [3.8, 4) is 0 Å². The van der Waals surface area contributed by atoms with Crippen LogP contribution in [-0.4, -0.2) is 37.2 Å². The number of unbranched alkanes of at least 4 members (excludes halogenated alkanes) is 53. The molecular formula is C77H144O6. The highest BCUT2D eigenvalue weighted by Gasteiger charge is 2.20. The summed E-state index contributed by atoms with van der Waals surface area (Å²) in [4.78, 5) is 38.5. The lowest BCUT2D eigenvalue weighted by Gasteiger charge is -2.18. The molecule has 0 fully saturated rings. The second-order valence-electron chi connectivity index (χ2n) is 25.6. The SMILES string of the molecule is CCCCCCCC/C=C\CCCCCCCCCC(=O)OCC(COC(=O)CCCCCCCCCCCCCCCCCCCCC/C=C\CCCCCCCCCC)OC(=O)CCCCCCCCC/C=C\CCCCCCCC. The minimum atomic E-state index is -0.776. The molecule has 0 aromatic carbocycles. The average molecular weight is 1170 g/mol. The predicted molar refractivity (Wildman–Crippen MR) is 362 cm³/mol. The smallest absolute Gasteiger partial charge is 0.306 e. The Bertz CT molecular complexity index is 1380. The molecule has 0 aliphatic heterocycles. The van der Waals surface area contributed by atoms with Gasteiger partial charge in [0.15, 0.2) is 6.10 Å². The molecule has 0 spiro atoms. The van der Waals surface area contributed by atoms with Gasteiger partial charge >= 0.3 is 17.9 Å². The maximum Gasteiger partial charge on any atom is 0.306 e. The van der Waals surface area contributed by atoms with Crippen LogP contribution in [0.15, 0.2) is 36.5 Å². The zero-order valence-corrected chi connectivity index (χ0v) is 56.2. The highest BCUT2D eigenvalue weighted by Crippen LogP contribution is 2.19. The Hall–Kier alpha value is -2.37. The zero-order chi connectivity index (χ0) is 59.9. The first-order valence-electron chi connectivity index (χ1n) is 37.5.